The molecule has 1 aliphatic carbocycles. The van der Waals surface area contributed by atoms with Crippen LogP contribution in [0.5, 0.6) is 0 Å². The van der Waals surface area contributed by atoms with Gasteiger partial charge in [0.25, 0.3) is 0 Å². The zero-order valence-corrected chi connectivity index (χ0v) is 17.8. The lowest BCUT2D eigenvalue weighted by atomic mass is 9.64. The Labute approximate surface area is 173 Å². The number of rotatable bonds is 5. The predicted molar refractivity (Wildman–Crippen MR) is 115 cm³/mol. The highest BCUT2D eigenvalue weighted by Crippen LogP contribution is 2.46. The fourth-order valence-corrected chi connectivity index (χ4v) is 3.54. The molecule has 0 aliphatic heterocycles. The van der Waals surface area contributed by atoms with Gasteiger partial charge in [0, 0.05) is 17.1 Å². The van der Waals surface area contributed by atoms with Crippen LogP contribution in [0.1, 0.15) is 45.2 Å². The van der Waals surface area contributed by atoms with Crippen LogP contribution in [-0.2, 0) is 9.53 Å². The van der Waals surface area contributed by atoms with E-state index in [9.17, 15) is 9.90 Å². The van der Waals surface area contributed by atoms with Crippen molar-refractivity contribution in [3.05, 3.63) is 70.8 Å². The molecular formula is C25H30O4. The van der Waals surface area contributed by atoms with Gasteiger partial charge >= 0.3 is 5.97 Å². The zero-order valence-electron chi connectivity index (χ0n) is 17.8. The van der Waals surface area contributed by atoms with Crippen LogP contribution in [0.15, 0.2) is 59.7 Å². The molecule has 0 heterocycles. The maximum absolute atomic E-state index is 11.3. The number of carboxylic acid groups (broad SMARTS) is 1. The van der Waals surface area contributed by atoms with Crippen LogP contribution in [0.4, 0.5) is 0 Å². The van der Waals surface area contributed by atoms with Crippen LogP contribution in [0.25, 0.3) is 0 Å². The van der Waals surface area contributed by atoms with Gasteiger partial charge in [0.1, 0.15) is 12.2 Å². The second kappa shape index (κ2) is 9.26. The lowest BCUT2D eigenvalue weighted by Gasteiger charge is -2.46. The van der Waals surface area contributed by atoms with Gasteiger partial charge in [0.15, 0.2) is 0 Å². The fourth-order valence-electron chi connectivity index (χ4n) is 3.54. The zero-order chi connectivity index (χ0) is 21.7. The summed E-state index contributed by atoms with van der Waals surface area (Å²) in [4.78, 5) is 10.8. The van der Waals surface area contributed by atoms with Crippen molar-refractivity contribution in [3.63, 3.8) is 0 Å². The molecule has 4 nitrogen and oxygen atoms in total. The highest BCUT2D eigenvalue weighted by atomic mass is 16.5. The van der Waals surface area contributed by atoms with Crippen molar-refractivity contribution in [2.24, 2.45) is 5.41 Å². The number of carboxylic acids is 1. The minimum Gasteiger partial charge on any atom is -0.478 e. The molecule has 1 aliphatic rings. The molecule has 1 aromatic carbocycles. The quantitative estimate of drug-likeness (QED) is 0.336. The van der Waals surface area contributed by atoms with Crippen molar-refractivity contribution in [1.82, 2.24) is 0 Å². The summed E-state index contributed by atoms with van der Waals surface area (Å²) in [7, 11) is 0. The van der Waals surface area contributed by atoms with Crippen LogP contribution in [0.3, 0.4) is 0 Å². The average molecular weight is 395 g/mol. The van der Waals surface area contributed by atoms with E-state index in [2.05, 4.69) is 11.8 Å². The number of aliphatic carboxylic acids is 1. The van der Waals surface area contributed by atoms with E-state index in [0.29, 0.717) is 18.6 Å². The predicted octanol–water partition coefficient (Wildman–Crippen LogP) is 4.43. The summed E-state index contributed by atoms with van der Waals surface area (Å²) in [6.07, 6.45) is 6.87. The maximum atomic E-state index is 11.3. The van der Waals surface area contributed by atoms with E-state index in [1.807, 2.05) is 58.0 Å². The summed E-state index contributed by atoms with van der Waals surface area (Å²) in [6.45, 7) is 9.89. The van der Waals surface area contributed by atoms with Gasteiger partial charge in [-0.2, -0.15) is 0 Å². The Morgan fingerprint density at radius 1 is 1.28 bits per heavy atom. The molecule has 29 heavy (non-hydrogen) atoms. The van der Waals surface area contributed by atoms with Crippen LogP contribution in [0, 0.1) is 24.2 Å². The highest BCUT2D eigenvalue weighted by molar-refractivity contribution is 5.81. The van der Waals surface area contributed by atoms with Gasteiger partial charge in [-0.05, 0) is 56.5 Å². The summed E-state index contributed by atoms with van der Waals surface area (Å²) in [5.41, 5.74) is 1.85. The summed E-state index contributed by atoms with van der Waals surface area (Å²) in [6, 6.07) is 8.04. The highest BCUT2D eigenvalue weighted by Gasteiger charge is 2.47. The van der Waals surface area contributed by atoms with Crippen molar-refractivity contribution < 1.29 is 19.7 Å². The van der Waals surface area contributed by atoms with Crippen LogP contribution in [-0.4, -0.2) is 34.5 Å². The van der Waals surface area contributed by atoms with Crippen LogP contribution in [0.2, 0.25) is 0 Å². The van der Waals surface area contributed by atoms with Gasteiger partial charge in [0.2, 0.25) is 0 Å². The minimum absolute atomic E-state index is 0.137. The average Bonchev–Trinajstić information content (AvgIpc) is 2.62. The molecule has 0 spiro atoms. The summed E-state index contributed by atoms with van der Waals surface area (Å²) in [5.74, 6) is 5.14. The normalized spacial score (nSPS) is 24.0. The van der Waals surface area contributed by atoms with E-state index in [4.69, 9.17) is 9.84 Å². The van der Waals surface area contributed by atoms with Gasteiger partial charge < -0.3 is 14.9 Å². The molecule has 154 valence electrons. The number of allylic oxidation sites excluding steroid dienone is 2. The molecule has 0 radical (unpaired) electrons. The standard InChI is InChI=1S/C25H30O4/c1-18-8-10-21(11-9-18)7-6-14-29-22-16-20(3)25(28,24(4,5)17-22)13-12-19(2)15-23(26)27/h8-13,15-16,22,28H,14,17H2,1-5H3,(H,26,27)/b13-12+,19-15-/t22-,25-/m1/s1. The Balaban J connectivity index is 2.09. The van der Waals surface area contributed by atoms with E-state index in [1.54, 1.807) is 19.1 Å². The van der Waals surface area contributed by atoms with Crippen molar-refractivity contribution >= 4 is 5.97 Å². The van der Waals surface area contributed by atoms with Gasteiger partial charge in [-0.25, -0.2) is 4.79 Å². The fraction of sp³-hybridized carbons (Fsp3) is 0.400. The van der Waals surface area contributed by atoms with Crippen molar-refractivity contribution in [2.45, 2.75) is 52.7 Å². The monoisotopic (exact) mass is 394 g/mol. The second-order valence-corrected chi connectivity index (χ2v) is 8.28. The van der Waals surface area contributed by atoms with E-state index < -0.39 is 17.0 Å². The number of aliphatic hydroxyl groups is 1. The molecule has 0 amide bonds. The van der Waals surface area contributed by atoms with Crippen molar-refractivity contribution in [3.8, 4) is 11.8 Å². The summed E-state index contributed by atoms with van der Waals surface area (Å²) >= 11 is 0. The largest absolute Gasteiger partial charge is 0.478 e. The molecule has 0 aromatic heterocycles. The third kappa shape index (κ3) is 5.93. The number of aryl methyl sites for hydroxylation is 1. The Kier molecular flexibility index (Phi) is 7.24. The number of ether oxygens (including phenoxy) is 1. The van der Waals surface area contributed by atoms with E-state index in [-0.39, 0.29) is 6.10 Å². The Hall–Kier alpha value is -2.61. The molecule has 1 aromatic rings. The molecule has 2 atom stereocenters. The van der Waals surface area contributed by atoms with Gasteiger partial charge in [0.05, 0.1) is 6.10 Å². The first kappa shape index (κ1) is 22.7. The smallest absolute Gasteiger partial charge is 0.328 e. The maximum Gasteiger partial charge on any atom is 0.328 e. The Bertz CT molecular complexity index is 891. The van der Waals surface area contributed by atoms with E-state index >= 15 is 0 Å². The lowest BCUT2D eigenvalue weighted by molar-refractivity contribution is -0.131. The third-order valence-corrected chi connectivity index (χ3v) is 5.37. The first-order valence-corrected chi connectivity index (χ1v) is 9.72. The summed E-state index contributed by atoms with van der Waals surface area (Å²) < 4.78 is 5.93. The van der Waals surface area contributed by atoms with Crippen molar-refractivity contribution in [2.75, 3.05) is 6.61 Å². The number of hydrogen-bond acceptors (Lipinski definition) is 3. The van der Waals surface area contributed by atoms with Crippen molar-refractivity contribution in [1.29, 1.82) is 0 Å². The van der Waals surface area contributed by atoms with E-state index in [1.165, 1.54) is 5.56 Å². The SMILES string of the molecule is CC1=C[C@@H](OCC#Cc2ccc(C)cc2)CC(C)(C)[C@@]1(O)/C=C/C(C)=C\C(=O)O. The molecule has 4 heteroatoms. The molecule has 2 N–H and O–H groups in total. The number of hydrogen-bond donors (Lipinski definition) is 2. The Morgan fingerprint density at radius 2 is 1.93 bits per heavy atom. The van der Waals surface area contributed by atoms with Gasteiger partial charge in [-0.1, -0.05) is 55.5 Å². The number of carbonyl (C=O) groups is 1. The second-order valence-electron chi connectivity index (χ2n) is 8.28. The Morgan fingerprint density at radius 3 is 2.52 bits per heavy atom. The number of benzene rings is 1. The van der Waals surface area contributed by atoms with Crippen LogP contribution < -0.4 is 0 Å². The molecule has 0 saturated heterocycles. The van der Waals surface area contributed by atoms with Crippen LogP contribution >= 0.6 is 0 Å². The first-order chi connectivity index (χ1) is 13.5. The molecule has 0 bridgehead atoms. The van der Waals surface area contributed by atoms with Gasteiger partial charge in [-0.15, -0.1) is 0 Å². The minimum atomic E-state index is -1.17. The van der Waals surface area contributed by atoms with E-state index in [0.717, 1.165) is 17.2 Å². The molecular weight excluding hydrogens is 364 g/mol. The first-order valence-electron chi connectivity index (χ1n) is 9.72. The molecule has 2 rings (SSSR count). The molecule has 0 saturated carbocycles. The third-order valence-electron chi connectivity index (χ3n) is 5.37. The van der Waals surface area contributed by atoms with Gasteiger partial charge in [-0.3, -0.25) is 0 Å². The summed E-state index contributed by atoms with van der Waals surface area (Å²) in [5, 5.41) is 20.1. The molecule has 0 unspecified atom stereocenters. The lowest BCUT2D eigenvalue weighted by Crippen LogP contribution is -2.49. The topological polar surface area (TPSA) is 66.8 Å². The molecule has 0 fully saturated rings.